The molecule has 0 bridgehead atoms. The summed E-state index contributed by atoms with van der Waals surface area (Å²) in [5, 5.41) is 3.13. The van der Waals surface area contributed by atoms with Crippen molar-refractivity contribution in [1.82, 2.24) is 5.32 Å². The normalized spacial score (nSPS) is 22.9. The predicted molar refractivity (Wildman–Crippen MR) is 88.6 cm³/mol. The van der Waals surface area contributed by atoms with Crippen molar-refractivity contribution in [3.05, 3.63) is 35.4 Å². The molecule has 22 heavy (non-hydrogen) atoms. The smallest absolute Gasteiger partial charge is 0.251 e. The van der Waals surface area contributed by atoms with Crippen molar-refractivity contribution < 1.29 is 9.53 Å². The van der Waals surface area contributed by atoms with Crippen LogP contribution in [0.1, 0.15) is 56.0 Å². The van der Waals surface area contributed by atoms with E-state index in [-0.39, 0.29) is 23.5 Å². The van der Waals surface area contributed by atoms with Crippen LogP contribution in [0.15, 0.2) is 24.3 Å². The molecule has 0 aromatic heterocycles. The molecule has 0 spiro atoms. The van der Waals surface area contributed by atoms with Gasteiger partial charge in [-0.3, -0.25) is 4.79 Å². The van der Waals surface area contributed by atoms with Crippen LogP contribution in [0.25, 0.3) is 0 Å². The highest BCUT2D eigenvalue weighted by atomic mass is 16.5. The Morgan fingerprint density at radius 2 is 2.05 bits per heavy atom. The van der Waals surface area contributed by atoms with Crippen molar-refractivity contribution in [2.75, 3.05) is 6.61 Å². The Morgan fingerprint density at radius 1 is 1.36 bits per heavy atom. The average molecular weight is 304 g/mol. The average Bonchev–Trinajstić information content (AvgIpc) is 2.53. The number of carbonyl (C=O) groups is 1. The maximum Gasteiger partial charge on any atom is 0.251 e. The van der Waals surface area contributed by atoms with Gasteiger partial charge in [0.15, 0.2) is 0 Å². The second kappa shape index (κ2) is 7.25. The van der Waals surface area contributed by atoms with Crippen molar-refractivity contribution in [1.29, 1.82) is 0 Å². The lowest BCUT2D eigenvalue weighted by Crippen LogP contribution is -2.62. The van der Waals surface area contributed by atoms with Gasteiger partial charge >= 0.3 is 0 Å². The molecule has 3 N–H and O–H groups in total. The van der Waals surface area contributed by atoms with Gasteiger partial charge in [0.2, 0.25) is 0 Å². The summed E-state index contributed by atoms with van der Waals surface area (Å²) in [4.78, 5) is 12.3. The minimum absolute atomic E-state index is 0.0133. The maximum absolute atomic E-state index is 12.3. The zero-order chi connectivity index (χ0) is 16.2. The minimum Gasteiger partial charge on any atom is -0.378 e. The first-order valence-electron chi connectivity index (χ1n) is 8.20. The number of unbranched alkanes of at least 4 members (excludes halogenated alkanes) is 1. The van der Waals surface area contributed by atoms with Gasteiger partial charge in [0.25, 0.3) is 5.91 Å². The standard InChI is InChI=1S/C18H28N2O2/c1-4-5-10-22-16-11-15(18(16,2)3)20-17(21)14-8-6-13(12-19)7-9-14/h6-9,15-16H,4-5,10-12,19H2,1-3H3,(H,20,21). The van der Waals surface area contributed by atoms with Gasteiger partial charge in [-0.05, 0) is 30.5 Å². The van der Waals surface area contributed by atoms with Crippen LogP contribution in [0.5, 0.6) is 0 Å². The summed E-state index contributed by atoms with van der Waals surface area (Å²) in [7, 11) is 0. The fourth-order valence-corrected chi connectivity index (χ4v) is 2.82. The van der Waals surface area contributed by atoms with E-state index in [1.165, 1.54) is 0 Å². The maximum atomic E-state index is 12.3. The molecule has 4 heteroatoms. The van der Waals surface area contributed by atoms with Crippen LogP contribution >= 0.6 is 0 Å². The third kappa shape index (κ3) is 3.68. The summed E-state index contributed by atoms with van der Waals surface area (Å²) in [6, 6.07) is 7.63. The number of ether oxygens (including phenoxy) is 1. The number of amides is 1. The topological polar surface area (TPSA) is 64.3 Å². The summed E-state index contributed by atoms with van der Waals surface area (Å²) in [5.74, 6) is -0.0198. The molecule has 1 aliphatic carbocycles. The Hall–Kier alpha value is -1.39. The highest BCUT2D eigenvalue weighted by Crippen LogP contribution is 2.42. The Balaban J connectivity index is 1.87. The molecule has 1 saturated carbocycles. The molecule has 1 aromatic rings. The van der Waals surface area contributed by atoms with Crippen LogP contribution in [-0.2, 0) is 11.3 Å². The van der Waals surface area contributed by atoms with Crippen LogP contribution < -0.4 is 11.1 Å². The number of nitrogens with one attached hydrogen (secondary N) is 1. The summed E-state index contributed by atoms with van der Waals surface area (Å²) in [5.41, 5.74) is 7.28. The van der Waals surface area contributed by atoms with Gasteiger partial charge in [-0.1, -0.05) is 39.3 Å². The second-order valence-corrected chi connectivity index (χ2v) is 6.70. The molecule has 2 atom stereocenters. The SMILES string of the molecule is CCCCOC1CC(NC(=O)c2ccc(CN)cc2)C1(C)C. The van der Waals surface area contributed by atoms with Crippen LogP contribution in [0, 0.1) is 5.41 Å². The quantitative estimate of drug-likeness (QED) is 0.761. The van der Waals surface area contributed by atoms with E-state index < -0.39 is 0 Å². The largest absolute Gasteiger partial charge is 0.378 e. The summed E-state index contributed by atoms with van der Waals surface area (Å²) in [6.45, 7) is 7.79. The monoisotopic (exact) mass is 304 g/mol. The Labute approximate surface area is 133 Å². The Morgan fingerprint density at radius 3 is 2.59 bits per heavy atom. The first-order chi connectivity index (χ1) is 10.5. The molecule has 0 aliphatic heterocycles. The van der Waals surface area contributed by atoms with Gasteiger partial charge in [-0.2, -0.15) is 0 Å². The first-order valence-corrected chi connectivity index (χ1v) is 8.20. The summed E-state index contributed by atoms with van der Waals surface area (Å²) >= 11 is 0. The van der Waals surface area contributed by atoms with Crippen molar-refractivity contribution in [3.8, 4) is 0 Å². The third-order valence-electron chi connectivity index (χ3n) is 4.75. The molecule has 122 valence electrons. The highest BCUT2D eigenvalue weighted by molar-refractivity contribution is 5.94. The van der Waals surface area contributed by atoms with E-state index >= 15 is 0 Å². The lowest BCUT2D eigenvalue weighted by atomic mass is 9.64. The van der Waals surface area contributed by atoms with E-state index in [0.29, 0.717) is 12.1 Å². The van der Waals surface area contributed by atoms with Gasteiger partial charge in [0.1, 0.15) is 0 Å². The van der Waals surface area contributed by atoms with Gasteiger partial charge < -0.3 is 15.8 Å². The third-order valence-corrected chi connectivity index (χ3v) is 4.75. The molecule has 1 aromatic carbocycles. The number of rotatable bonds is 7. The second-order valence-electron chi connectivity index (χ2n) is 6.70. The lowest BCUT2D eigenvalue weighted by molar-refractivity contribution is -0.115. The Kier molecular flexibility index (Phi) is 5.59. The van der Waals surface area contributed by atoms with E-state index in [2.05, 4.69) is 26.1 Å². The van der Waals surface area contributed by atoms with Crippen LogP contribution in [0.2, 0.25) is 0 Å². The van der Waals surface area contributed by atoms with E-state index in [1.807, 2.05) is 24.3 Å². The van der Waals surface area contributed by atoms with Gasteiger partial charge in [0.05, 0.1) is 6.10 Å². The molecule has 1 amide bonds. The van der Waals surface area contributed by atoms with E-state index in [9.17, 15) is 4.79 Å². The van der Waals surface area contributed by atoms with Gasteiger partial charge in [0, 0.05) is 30.2 Å². The molecular weight excluding hydrogens is 276 g/mol. The van der Waals surface area contributed by atoms with E-state index in [0.717, 1.165) is 31.4 Å². The molecule has 0 heterocycles. The van der Waals surface area contributed by atoms with Gasteiger partial charge in [-0.25, -0.2) is 0 Å². The van der Waals surface area contributed by atoms with E-state index in [1.54, 1.807) is 0 Å². The molecule has 1 fully saturated rings. The number of carbonyl (C=O) groups excluding carboxylic acids is 1. The zero-order valence-electron chi connectivity index (χ0n) is 13.9. The van der Waals surface area contributed by atoms with Gasteiger partial charge in [-0.15, -0.1) is 0 Å². The van der Waals surface area contributed by atoms with Crippen LogP contribution in [0.3, 0.4) is 0 Å². The number of hydrogen-bond donors (Lipinski definition) is 2. The van der Waals surface area contributed by atoms with Crippen LogP contribution in [-0.4, -0.2) is 24.7 Å². The summed E-state index contributed by atoms with van der Waals surface area (Å²) < 4.78 is 5.92. The van der Waals surface area contributed by atoms with Crippen molar-refractivity contribution in [2.45, 2.75) is 58.7 Å². The van der Waals surface area contributed by atoms with Crippen molar-refractivity contribution >= 4 is 5.91 Å². The molecular formula is C18H28N2O2. The number of nitrogens with two attached hydrogens (primary N) is 1. The first kappa shape index (κ1) is 17.0. The zero-order valence-corrected chi connectivity index (χ0v) is 13.9. The number of hydrogen-bond acceptors (Lipinski definition) is 3. The van der Waals surface area contributed by atoms with Crippen molar-refractivity contribution in [2.24, 2.45) is 11.1 Å². The molecule has 2 unspecified atom stereocenters. The molecule has 0 saturated heterocycles. The van der Waals surface area contributed by atoms with E-state index in [4.69, 9.17) is 10.5 Å². The molecule has 2 rings (SSSR count). The summed E-state index contributed by atoms with van der Waals surface area (Å²) in [6.07, 6.45) is 3.37. The fourth-order valence-electron chi connectivity index (χ4n) is 2.82. The molecule has 4 nitrogen and oxygen atoms in total. The Bertz CT molecular complexity index is 496. The number of benzene rings is 1. The van der Waals surface area contributed by atoms with Crippen molar-refractivity contribution in [3.63, 3.8) is 0 Å². The van der Waals surface area contributed by atoms with Crippen LogP contribution in [0.4, 0.5) is 0 Å². The fraction of sp³-hybridized carbons (Fsp3) is 0.611. The lowest BCUT2D eigenvalue weighted by Gasteiger charge is -2.51. The molecule has 0 radical (unpaired) electrons. The highest BCUT2D eigenvalue weighted by Gasteiger charge is 2.49. The predicted octanol–water partition coefficient (Wildman–Crippen LogP) is 2.86. The minimum atomic E-state index is -0.0198. The molecule has 1 aliphatic rings.